The van der Waals surface area contributed by atoms with Crippen LogP contribution in [-0.2, 0) is 4.79 Å². The number of nitrogens with one attached hydrogen (secondary N) is 1. The normalized spacial score (nSPS) is 12.2. The Balaban J connectivity index is 2.61. The van der Waals surface area contributed by atoms with Gasteiger partial charge in [-0.05, 0) is 30.5 Å². The van der Waals surface area contributed by atoms with Crippen molar-refractivity contribution in [2.45, 2.75) is 11.8 Å². The summed E-state index contributed by atoms with van der Waals surface area (Å²) >= 11 is 7.27. The van der Waals surface area contributed by atoms with E-state index in [4.69, 9.17) is 11.6 Å². The van der Waals surface area contributed by atoms with Gasteiger partial charge in [-0.1, -0.05) is 6.92 Å². The Kier molecular flexibility index (Phi) is 4.99. The number of halogens is 1. The summed E-state index contributed by atoms with van der Waals surface area (Å²) in [6.07, 6.45) is 2.02. The van der Waals surface area contributed by atoms with Crippen LogP contribution in [0.3, 0.4) is 0 Å². The number of carbonyl (C=O) groups is 1. The molecule has 0 spiro atoms. The molecule has 0 bridgehead atoms. The maximum atomic E-state index is 11.5. The second-order valence-electron chi connectivity index (χ2n) is 3.27. The standard InChI is InChI=1S/C11H14ClNOS/c1-8(7-12)11(14)13-9-3-5-10(15-2)6-4-9/h3-6,8H,7H2,1-2H3,(H,13,14). The number of thioether (sulfide) groups is 1. The highest BCUT2D eigenvalue weighted by Gasteiger charge is 2.10. The quantitative estimate of drug-likeness (QED) is 0.650. The van der Waals surface area contributed by atoms with Crippen molar-refractivity contribution < 1.29 is 4.79 Å². The fourth-order valence-electron chi connectivity index (χ4n) is 1.01. The maximum Gasteiger partial charge on any atom is 0.228 e. The number of hydrogen-bond acceptors (Lipinski definition) is 2. The van der Waals surface area contributed by atoms with Gasteiger partial charge in [0.25, 0.3) is 0 Å². The Morgan fingerprint density at radius 2 is 2.07 bits per heavy atom. The van der Waals surface area contributed by atoms with Crippen LogP contribution in [-0.4, -0.2) is 18.0 Å². The molecule has 82 valence electrons. The van der Waals surface area contributed by atoms with Gasteiger partial charge in [0.1, 0.15) is 0 Å². The minimum atomic E-state index is -0.160. The highest BCUT2D eigenvalue weighted by Crippen LogP contribution is 2.17. The van der Waals surface area contributed by atoms with Crippen LogP contribution in [0.1, 0.15) is 6.92 Å². The second kappa shape index (κ2) is 6.03. The van der Waals surface area contributed by atoms with Crippen molar-refractivity contribution in [3.63, 3.8) is 0 Å². The molecule has 2 nitrogen and oxygen atoms in total. The Morgan fingerprint density at radius 1 is 1.47 bits per heavy atom. The van der Waals surface area contributed by atoms with Crippen molar-refractivity contribution in [1.29, 1.82) is 0 Å². The monoisotopic (exact) mass is 243 g/mol. The molecule has 0 saturated carbocycles. The maximum absolute atomic E-state index is 11.5. The summed E-state index contributed by atoms with van der Waals surface area (Å²) in [5.74, 6) is 0.142. The summed E-state index contributed by atoms with van der Waals surface area (Å²) in [4.78, 5) is 12.7. The van der Waals surface area contributed by atoms with Crippen LogP contribution in [0.5, 0.6) is 0 Å². The van der Waals surface area contributed by atoms with Gasteiger partial charge >= 0.3 is 0 Å². The van der Waals surface area contributed by atoms with Gasteiger partial charge in [-0.2, -0.15) is 0 Å². The third kappa shape index (κ3) is 3.76. The second-order valence-corrected chi connectivity index (χ2v) is 4.46. The van der Waals surface area contributed by atoms with Crippen molar-refractivity contribution in [1.82, 2.24) is 0 Å². The zero-order chi connectivity index (χ0) is 11.3. The summed E-state index contributed by atoms with van der Waals surface area (Å²) < 4.78 is 0. The zero-order valence-corrected chi connectivity index (χ0v) is 10.4. The lowest BCUT2D eigenvalue weighted by molar-refractivity contribution is -0.118. The molecule has 1 unspecified atom stereocenters. The van der Waals surface area contributed by atoms with E-state index < -0.39 is 0 Å². The van der Waals surface area contributed by atoms with Gasteiger partial charge in [-0.15, -0.1) is 23.4 Å². The van der Waals surface area contributed by atoms with Gasteiger partial charge in [0.15, 0.2) is 0 Å². The van der Waals surface area contributed by atoms with Gasteiger partial charge in [-0.3, -0.25) is 4.79 Å². The highest BCUT2D eigenvalue weighted by molar-refractivity contribution is 7.98. The average Bonchev–Trinajstić information content (AvgIpc) is 2.29. The van der Waals surface area contributed by atoms with Gasteiger partial charge in [0, 0.05) is 22.4 Å². The lowest BCUT2D eigenvalue weighted by Crippen LogP contribution is -2.21. The van der Waals surface area contributed by atoms with Crippen LogP contribution >= 0.6 is 23.4 Å². The molecule has 1 amide bonds. The largest absolute Gasteiger partial charge is 0.326 e. The van der Waals surface area contributed by atoms with Gasteiger partial charge < -0.3 is 5.32 Å². The first-order valence-corrected chi connectivity index (χ1v) is 6.44. The van der Waals surface area contributed by atoms with Crippen LogP contribution in [0.2, 0.25) is 0 Å². The molecule has 0 heterocycles. The molecular weight excluding hydrogens is 230 g/mol. The molecule has 1 atom stereocenters. The predicted octanol–water partition coefficient (Wildman–Crippen LogP) is 3.22. The van der Waals surface area contributed by atoms with E-state index in [-0.39, 0.29) is 11.8 Å². The molecule has 0 aromatic heterocycles. The molecule has 0 radical (unpaired) electrons. The van der Waals surface area contributed by atoms with Gasteiger partial charge in [-0.25, -0.2) is 0 Å². The predicted molar refractivity (Wildman–Crippen MR) is 66.7 cm³/mol. The van der Waals surface area contributed by atoms with Crippen LogP contribution in [0.25, 0.3) is 0 Å². The first-order valence-electron chi connectivity index (χ1n) is 4.68. The fraction of sp³-hybridized carbons (Fsp3) is 0.364. The van der Waals surface area contributed by atoms with E-state index in [2.05, 4.69) is 5.32 Å². The van der Waals surface area contributed by atoms with Gasteiger partial charge in [0.05, 0.1) is 0 Å². The smallest absolute Gasteiger partial charge is 0.228 e. The Morgan fingerprint density at radius 3 is 2.53 bits per heavy atom. The number of carbonyl (C=O) groups excluding carboxylic acids is 1. The van der Waals surface area contributed by atoms with Crippen molar-refractivity contribution >= 4 is 35.0 Å². The van der Waals surface area contributed by atoms with Crippen LogP contribution in [0.4, 0.5) is 5.69 Å². The topological polar surface area (TPSA) is 29.1 Å². The van der Waals surface area contributed by atoms with Crippen molar-refractivity contribution in [3.05, 3.63) is 24.3 Å². The number of amides is 1. The Hall–Kier alpha value is -0.670. The Bertz CT molecular complexity index is 326. The van der Waals surface area contributed by atoms with E-state index in [1.54, 1.807) is 18.7 Å². The molecule has 0 aliphatic heterocycles. The fourth-order valence-corrected chi connectivity index (χ4v) is 1.56. The molecule has 0 saturated heterocycles. The van der Waals surface area contributed by atoms with E-state index in [1.165, 1.54) is 4.90 Å². The van der Waals surface area contributed by atoms with Crippen molar-refractivity contribution in [2.75, 3.05) is 17.5 Å². The van der Waals surface area contributed by atoms with E-state index in [0.717, 1.165) is 5.69 Å². The molecule has 0 fully saturated rings. The number of alkyl halides is 1. The summed E-state index contributed by atoms with van der Waals surface area (Å²) in [6.45, 7) is 1.80. The molecule has 1 aromatic carbocycles. The minimum absolute atomic E-state index is 0.0399. The minimum Gasteiger partial charge on any atom is -0.326 e. The zero-order valence-electron chi connectivity index (χ0n) is 8.79. The van der Waals surface area contributed by atoms with E-state index >= 15 is 0 Å². The number of hydrogen-bond donors (Lipinski definition) is 1. The molecule has 1 aromatic rings. The third-order valence-corrected chi connectivity index (χ3v) is 3.24. The Labute approximate surface area is 99.4 Å². The van der Waals surface area contributed by atoms with Gasteiger partial charge in [0.2, 0.25) is 5.91 Å². The van der Waals surface area contributed by atoms with E-state index in [9.17, 15) is 4.79 Å². The first-order chi connectivity index (χ1) is 7.17. The lowest BCUT2D eigenvalue weighted by atomic mass is 10.2. The summed E-state index contributed by atoms with van der Waals surface area (Å²) in [7, 11) is 0. The molecular formula is C11H14ClNOS. The molecule has 0 aliphatic rings. The average molecular weight is 244 g/mol. The van der Waals surface area contributed by atoms with E-state index in [1.807, 2.05) is 30.5 Å². The first kappa shape index (κ1) is 12.4. The number of rotatable bonds is 4. The number of benzene rings is 1. The van der Waals surface area contributed by atoms with Crippen molar-refractivity contribution in [2.24, 2.45) is 5.92 Å². The van der Waals surface area contributed by atoms with Crippen LogP contribution in [0.15, 0.2) is 29.2 Å². The summed E-state index contributed by atoms with van der Waals surface area (Å²) in [5, 5.41) is 2.81. The van der Waals surface area contributed by atoms with Crippen LogP contribution < -0.4 is 5.32 Å². The summed E-state index contributed by atoms with van der Waals surface area (Å²) in [6, 6.07) is 7.74. The van der Waals surface area contributed by atoms with Crippen LogP contribution in [0, 0.1) is 5.92 Å². The van der Waals surface area contributed by atoms with E-state index in [0.29, 0.717) is 5.88 Å². The van der Waals surface area contributed by atoms with Crippen molar-refractivity contribution in [3.8, 4) is 0 Å². The SMILES string of the molecule is CSc1ccc(NC(=O)C(C)CCl)cc1. The molecule has 1 rings (SSSR count). The molecule has 0 aliphatic carbocycles. The molecule has 4 heteroatoms. The third-order valence-electron chi connectivity index (χ3n) is 2.04. The molecule has 15 heavy (non-hydrogen) atoms. The lowest BCUT2D eigenvalue weighted by Gasteiger charge is -2.09. The molecule has 1 N–H and O–H groups in total. The summed E-state index contributed by atoms with van der Waals surface area (Å²) in [5.41, 5.74) is 0.815. The number of anilines is 1. The highest BCUT2D eigenvalue weighted by atomic mass is 35.5.